The third kappa shape index (κ3) is 2.40. The number of aromatic nitrogens is 2. The normalized spacial score (nSPS) is 11.8. The summed E-state index contributed by atoms with van der Waals surface area (Å²) in [6.07, 6.45) is 1.08. The summed E-state index contributed by atoms with van der Waals surface area (Å²) in [5.41, 5.74) is 0.138. The SMILES string of the molecule is CCC(C)(C)N(C)c1nnc(Br)s1. The van der Waals surface area contributed by atoms with E-state index < -0.39 is 0 Å². The quantitative estimate of drug-likeness (QED) is 0.840. The number of halogens is 1. The lowest BCUT2D eigenvalue weighted by atomic mass is 10.0. The zero-order chi connectivity index (χ0) is 10.1. The van der Waals surface area contributed by atoms with Crippen LogP contribution in [-0.2, 0) is 0 Å². The molecule has 0 N–H and O–H groups in total. The van der Waals surface area contributed by atoms with E-state index >= 15 is 0 Å². The first-order valence-electron chi connectivity index (χ1n) is 4.20. The van der Waals surface area contributed by atoms with E-state index in [9.17, 15) is 0 Å². The molecular formula is C8H14BrN3S. The van der Waals surface area contributed by atoms with Gasteiger partial charge in [0, 0.05) is 12.6 Å². The number of rotatable bonds is 3. The van der Waals surface area contributed by atoms with Gasteiger partial charge in [-0.3, -0.25) is 0 Å². The van der Waals surface area contributed by atoms with Crippen LogP contribution in [0.2, 0.25) is 0 Å². The molecule has 0 radical (unpaired) electrons. The number of anilines is 1. The van der Waals surface area contributed by atoms with Crippen LogP contribution >= 0.6 is 27.3 Å². The number of hydrogen-bond donors (Lipinski definition) is 0. The summed E-state index contributed by atoms with van der Waals surface area (Å²) < 4.78 is 0.834. The molecule has 3 nitrogen and oxygen atoms in total. The van der Waals surface area contributed by atoms with Gasteiger partial charge >= 0.3 is 0 Å². The molecule has 0 saturated heterocycles. The molecule has 0 bridgehead atoms. The second kappa shape index (κ2) is 3.92. The Morgan fingerprint density at radius 2 is 2.08 bits per heavy atom. The average Bonchev–Trinajstić information content (AvgIpc) is 2.50. The molecule has 0 aliphatic carbocycles. The van der Waals surface area contributed by atoms with Crippen LogP contribution in [-0.4, -0.2) is 22.8 Å². The maximum atomic E-state index is 4.08. The Bertz CT molecular complexity index is 285. The van der Waals surface area contributed by atoms with Gasteiger partial charge in [-0.15, -0.1) is 10.2 Å². The van der Waals surface area contributed by atoms with Gasteiger partial charge in [0.15, 0.2) is 3.92 Å². The minimum absolute atomic E-state index is 0.138. The predicted octanol–water partition coefficient (Wildman–Crippen LogP) is 2.93. The molecule has 0 fully saturated rings. The van der Waals surface area contributed by atoms with Crippen molar-refractivity contribution in [3.8, 4) is 0 Å². The topological polar surface area (TPSA) is 29.0 Å². The van der Waals surface area contributed by atoms with E-state index in [0.717, 1.165) is 15.5 Å². The molecule has 1 aromatic heterocycles. The smallest absolute Gasteiger partial charge is 0.209 e. The summed E-state index contributed by atoms with van der Waals surface area (Å²) in [6.45, 7) is 6.57. The fraction of sp³-hybridized carbons (Fsp3) is 0.750. The maximum Gasteiger partial charge on any atom is 0.209 e. The standard InChI is InChI=1S/C8H14BrN3S/c1-5-8(2,3)12(4)7-11-10-6(9)13-7/h5H2,1-4H3. The third-order valence-corrected chi connectivity index (χ3v) is 3.88. The van der Waals surface area contributed by atoms with Gasteiger partial charge in [-0.05, 0) is 36.2 Å². The molecule has 74 valence electrons. The van der Waals surface area contributed by atoms with Crippen LogP contribution in [0.3, 0.4) is 0 Å². The van der Waals surface area contributed by atoms with Gasteiger partial charge in [0.25, 0.3) is 0 Å². The Morgan fingerprint density at radius 1 is 1.46 bits per heavy atom. The van der Waals surface area contributed by atoms with Crippen molar-refractivity contribution in [2.45, 2.75) is 32.7 Å². The lowest BCUT2D eigenvalue weighted by Crippen LogP contribution is -2.40. The highest BCUT2D eigenvalue weighted by atomic mass is 79.9. The van der Waals surface area contributed by atoms with Crippen LogP contribution < -0.4 is 4.90 Å². The summed E-state index contributed by atoms with van der Waals surface area (Å²) in [5, 5.41) is 8.96. The number of nitrogens with zero attached hydrogens (tertiary/aromatic N) is 3. The fourth-order valence-corrected chi connectivity index (χ4v) is 2.04. The largest absolute Gasteiger partial charge is 0.345 e. The van der Waals surface area contributed by atoms with Crippen molar-refractivity contribution in [2.24, 2.45) is 0 Å². The van der Waals surface area contributed by atoms with Crippen LogP contribution in [0.4, 0.5) is 5.13 Å². The molecule has 13 heavy (non-hydrogen) atoms. The van der Waals surface area contributed by atoms with Crippen LogP contribution in [0.25, 0.3) is 0 Å². The van der Waals surface area contributed by atoms with Gasteiger partial charge in [-0.2, -0.15) is 0 Å². The Labute approximate surface area is 91.3 Å². The molecule has 0 saturated carbocycles. The fourth-order valence-electron chi connectivity index (χ4n) is 0.830. The van der Waals surface area contributed by atoms with E-state index in [1.54, 1.807) is 11.3 Å². The minimum atomic E-state index is 0.138. The van der Waals surface area contributed by atoms with Gasteiger partial charge < -0.3 is 4.90 Å². The van der Waals surface area contributed by atoms with Gasteiger partial charge in [0.1, 0.15) is 0 Å². The van der Waals surface area contributed by atoms with Crippen LogP contribution in [0.15, 0.2) is 3.92 Å². The summed E-state index contributed by atoms with van der Waals surface area (Å²) >= 11 is 4.87. The molecule has 0 atom stereocenters. The van der Waals surface area contributed by atoms with E-state index in [1.807, 2.05) is 0 Å². The van der Waals surface area contributed by atoms with Crippen molar-refractivity contribution in [1.82, 2.24) is 10.2 Å². The van der Waals surface area contributed by atoms with Crippen molar-refractivity contribution in [3.63, 3.8) is 0 Å². The van der Waals surface area contributed by atoms with Crippen molar-refractivity contribution in [3.05, 3.63) is 3.92 Å². The first-order chi connectivity index (χ1) is 5.97. The van der Waals surface area contributed by atoms with E-state index in [2.05, 4.69) is 58.8 Å². The molecule has 0 spiro atoms. The Kier molecular flexibility index (Phi) is 3.29. The summed E-state index contributed by atoms with van der Waals surface area (Å²) in [6, 6.07) is 0. The summed E-state index contributed by atoms with van der Waals surface area (Å²) in [5.74, 6) is 0. The molecule has 1 rings (SSSR count). The monoisotopic (exact) mass is 263 g/mol. The van der Waals surface area contributed by atoms with Crippen LogP contribution in [0, 0.1) is 0 Å². The molecular weight excluding hydrogens is 250 g/mol. The highest BCUT2D eigenvalue weighted by Gasteiger charge is 2.23. The van der Waals surface area contributed by atoms with E-state index in [4.69, 9.17) is 0 Å². The first-order valence-corrected chi connectivity index (χ1v) is 5.81. The molecule has 0 unspecified atom stereocenters. The van der Waals surface area contributed by atoms with E-state index in [0.29, 0.717) is 0 Å². The van der Waals surface area contributed by atoms with Crippen molar-refractivity contribution < 1.29 is 0 Å². The van der Waals surface area contributed by atoms with Crippen molar-refractivity contribution >= 4 is 32.4 Å². The zero-order valence-corrected chi connectivity index (χ0v) is 10.7. The van der Waals surface area contributed by atoms with E-state index in [-0.39, 0.29) is 5.54 Å². The predicted molar refractivity (Wildman–Crippen MR) is 60.4 cm³/mol. The van der Waals surface area contributed by atoms with Crippen molar-refractivity contribution in [1.29, 1.82) is 0 Å². The highest BCUT2D eigenvalue weighted by Crippen LogP contribution is 2.29. The highest BCUT2D eigenvalue weighted by molar-refractivity contribution is 9.11. The Morgan fingerprint density at radius 3 is 2.46 bits per heavy atom. The molecule has 0 aliphatic rings. The second-order valence-electron chi connectivity index (χ2n) is 3.56. The van der Waals surface area contributed by atoms with Gasteiger partial charge in [-0.25, -0.2) is 0 Å². The molecule has 5 heteroatoms. The van der Waals surface area contributed by atoms with Crippen LogP contribution in [0.1, 0.15) is 27.2 Å². The Balaban J connectivity index is 2.84. The third-order valence-electron chi connectivity index (χ3n) is 2.45. The van der Waals surface area contributed by atoms with E-state index in [1.165, 1.54) is 0 Å². The lowest BCUT2D eigenvalue weighted by Gasteiger charge is -2.34. The molecule has 0 aromatic carbocycles. The second-order valence-corrected chi connectivity index (χ2v) is 5.79. The van der Waals surface area contributed by atoms with Gasteiger partial charge in [0.05, 0.1) is 0 Å². The van der Waals surface area contributed by atoms with Gasteiger partial charge in [-0.1, -0.05) is 18.3 Å². The molecule has 1 aromatic rings. The molecule has 0 aliphatic heterocycles. The molecule has 1 heterocycles. The Hall–Kier alpha value is -0.160. The zero-order valence-electron chi connectivity index (χ0n) is 8.33. The number of hydrogen-bond acceptors (Lipinski definition) is 4. The van der Waals surface area contributed by atoms with Gasteiger partial charge in [0.2, 0.25) is 5.13 Å². The van der Waals surface area contributed by atoms with Crippen molar-refractivity contribution in [2.75, 3.05) is 11.9 Å². The maximum absolute atomic E-state index is 4.08. The lowest BCUT2D eigenvalue weighted by molar-refractivity contribution is 0.469. The summed E-state index contributed by atoms with van der Waals surface area (Å²) in [7, 11) is 2.05. The average molecular weight is 264 g/mol. The van der Waals surface area contributed by atoms with Crippen LogP contribution in [0.5, 0.6) is 0 Å². The minimum Gasteiger partial charge on any atom is -0.345 e. The summed E-state index contributed by atoms with van der Waals surface area (Å²) in [4.78, 5) is 2.16. The molecule has 0 amide bonds. The first kappa shape index (κ1) is 10.9.